The predicted octanol–water partition coefficient (Wildman–Crippen LogP) is 2.98. The Balaban J connectivity index is 2.16. The minimum Gasteiger partial charge on any atom is -0.242 e. The second kappa shape index (κ2) is 6.00. The van der Waals surface area contributed by atoms with E-state index in [1.165, 1.54) is 12.3 Å². The molecule has 0 aliphatic heterocycles. The summed E-state index contributed by atoms with van der Waals surface area (Å²) >= 11 is 8.88. The first-order chi connectivity index (χ1) is 8.99. The van der Waals surface area contributed by atoms with Gasteiger partial charge in [0.1, 0.15) is 10.0 Å². The van der Waals surface area contributed by atoms with E-state index in [0.29, 0.717) is 4.47 Å². The molecule has 100 valence electrons. The Morgan fingerprint density at radius 1 is 1.26 bits per heavy atom. The lowest BCUT2D eigenvalue weighted by atomic mass is 10.2. The number of hydrogen-bond acceptors (Lipinski definition) is 3. The van der Waals surface area contributed by atoms with E-state index < -0.39 is 10.0 Å². The zero-order valence-corrected chi connectivity index (χ0v) is 12.8. The average Bonchev–Trinajstić information content (AvgIpc) is 2.41. The van der Waals surface area contributed by atoms with Crippen molar-refractivity contribution < 1.29 is 8.42 Å². The second-order valence-corrected chi connectivity index (χ2v) is 6.73. The fourth-order valence-electron chi connectivity index (χ4n) is 1.41. The van der Waals surface area contributed by atoms with Gasteiger partial charge in [-0.1, -0.05) is 41.9 Å². The van der Waals surface area contributed by atoms with Gasteiger partial charge in [0.05, 0.1) is 4.47 Å². The van der Waals surface area contributed by atoms with E-state index in [9.17, 15) is 8.42 Å². The van der Waals surface area contributed by atoms with Gasteiger partial charge in [-0.05, 0) is 27.6 Å². The molecule has 1 heterocycles. The number of hydrogen-bond donors (Lipinski definition) is 1. The summed E-state index contributed by atoms with van der Waals surface area (Å²) in [6.45, 7) is 0.226. The van der Waals surface area contributed by atoms with Crippen LogP contribution in [0.3, 0.4) is 0 Å². The maximum Gasteiger partial charge on any atom is 0.242 e. The van der Waals surface area contributed by atoms with Crippen molar-refractivity contribution >= 4 is 37.6 Å². The molecule has 1 N–H and O–H groups in total. The van der Waals surface area contributed by atoms with Crippen LogP contribution in [0.1, 0.15) is 5.56 Å². The highest BCUT2D eigenvalue weighted by Crippen LogP contribution is 2.22. The molecule has 7 heteroatoms. The first-order valence-corrected chi connectivity index (χ1v) is 7.99. The molecule has 0 aliphatic rings. The van der Waals surface area contributed by atoms with Crippen LogP contribution in [0.15, 0.2) is 52.0 Å². The van der Waals surface area contributed by atoms with Gasteiger partial charge in [0.2, 0.25) is 10.0 Å². The maximum absolute atomic E-state index is 12.1. The molecule has 2 rings (SSSR count). The van der Waals surface area contributed by atoms with Gasteiger partial charge in [-0.2, -0.15) is 0 Å². The lowest BCUT2D eigenvalue weighted by Crippen LogP contribution is -2.23. The number of benzene rings is 1. The van der Waals surface area contributed by atoms with Gasteiger partial charge >= 0.3 is 0 Å². The quantitative estimate of drug-likeness (QED) is 0.852. The fraction of sp³-hybridized carbons (Fsp3) is 0.0833. The Morgan fingerprint density at radius 3 is 2.58 bits per heavy atom. The van der Waals surface area contributed by atoms with E-state index in [1.807, 2.05) is 30.3 Å². The molecule has 0 bridgehead atoms. The molecule has 2 aromatic rings. The molecule has 4 nitrogen and oxygen atoms in total. The zero-order valence-electron chi connectivity index (χ0n) is 9.68. The Labute approximate surface area is 125 Å². The van der Waals surface area contributed by atoms with Crippen molar-refractivity contribution in [2.75, 3.05) is 0 Å². The largest absolute Gasteiger partial charge is 0.242 e. The average molecular weight is 362 g/mol. The highest BCUT2D eigenvalue weighted by atomic mass is 79.9. The fourth-order valence-corrected chi connectivity index (χ4v) is 3.00. The molecular weight excluding hydrogens is 352 g/mol. The third-order valence-electron chi connectivity index (χ3n) is 2.39. The summed E-state index contributed by atoms with van der Waals surface area (Å²) < 4.78 is 27.1. The highest BCUT2D eigenvalue weighted by molar-refractivity contribution is 9.10. The summed E-state index contributed by atoms with van der Waals surface area (Å²) in [6, 6.07) is 10.7. The van der Waals surface area contributed by atoms with Crippen molar-refractivity contribution in [1.82, 2.24) is 9.71 Å². The van der Waals surface area contributed by atoms with Crippen LogP contribution in [0.5, 0.6) is 0 Å². The van der Waals surface area contributed by atoms with Gasteiger partial charge < -0.3 is 0 Å². The lowest BCUT2D eigenvalue weighted by molar-refractivity contribution is 0.581. The maximum atomic E-state index is 12.1. The van der Waals surface area contributed by atoms with Crippen LogP contribution < -0.4 is 4.72 Å². The SMILES string of the molecule is O=S(=O)(NCc1ccccc1)c1cnc(Cl)c(Br)c1. The number of rotatable bonds is 4. The van der Waals surface area contributed by atoms with Gasteiger partial charge in [0, 0.05) is 12.7 Å². The molecule has 0 saturated heterocycles. The first kappa shape index (κ1) is 14.5. The summed E-state index contributed by atoms with van der Waals surface area (Å²) in [5, 5.41) is 0.224. The molecule has 0 atom stereocenters. The van der Waals surface area contributed by atoms with Crippen molar-refractivity contribution in [2.24, 2.45) is 0 Å². The van der Waals surface area contributed by atoms with Crippen LogP contribution in [0, 0.1) is 0 Å². The van der Waals surface area contributed by atoms with Crippen LogP contribution in [0.2, 0.25) is 5.15 Å². The molecular formula is C12H10BrClN2O2S. The summed E-state index contributed by atoms with van der Waals surface area (Å²) in [4.78, 5) is 3.87. The van der Waals surface area contributed by atoms with Crippen LogP contribution in [0.25, 0.3) is 0 Å². The molecule has 1 aromatic heterocycles. The second-order valence-electron chi connectivity index (χ2n) is 3.75. The summed E-state index contributed by atoms with van der Waals surface area (Å²) in [5.41, 5.74) is 0.882. The van der Waals surface area contributed by atoms with Gasteiger partial charge in [0.25, 0.3) is 0 Å². The van der Waals surface area contributed by atoms with Crippen LogP contribution >= 0.6 is 27.5 Å². The van der Waals surface area contributed by atoms with E-state index in [1.54, 1.807) is 0 Å². The van der Waals surface area contributed by atoms with Crippen molar-refractivity contribution in [3.63, 3.8) is 0 Å². The van der Waals surface area contributed by atoms with E-state index >= 15 is 0 Å². The highest BCUT2D eigenvalue weighted by Gasteiger charge is 2.15. The standard InChI is InChI=1S/C12H10BrClN2O2S/c13-11-6-10(8-15-12(11)14)19(17,18)16-7-9-4-2-1-3-5-9/h1-6,8,16H,7H2. The van der Waals surface area contributed by atoms with Crippen molar-refractivity contribution in [1.29, 1.82) is 0 Å². The molecule has 0 saturated carbocycles. The molecule has 1 aromatic carbocycles. The Hall–Kier alpha value is -0.950. The Morgan fingerprint density at radius 2 is 1.95 bits per heavy atom. The van der Waals surface area contributed by atoms with Crippen molar-refractivity contribution in [2.45, 2.75) is 11.4 Å². The van der Waals surface area contributed by atoms with Crippen LogP contribution in [-0.2, 0) is 16.6 Å². The number of sulfonamides is 1. The molecule has 0 amide bonds. The summed E-state index contributed by atoms with van der Waals surface area (Å²) in [7, 11) is -3.60. The zero-order chi connectivity index (χ0) is 13.9. The van der Waals surface area contributed by atoms with Crippen molar-refractivity contribution in [3.05, 3.63) is 57.8 Å². The minimum atomic E-state index is -3.60. The number of aromatic nitrogens is 1. The monoisotopic (exact) mass is 360 g/mol. The lowest BCUT2D eigenvalue weighted by Gasteiger charge is -2.07. The number of halogens is 2. The van der Waals surface area contributed by atoms with Crippen LogP contribution in [0.4, 0.5) is 0 Å². The third-order valence-corrected chi connectivity index (χ3v) is 4.89. The number of pyridine rings is 1. The van der Waals surface area contributed by atoms with Crippen molar-refractivity contribution in [3.8, 4) is 0 Å². The van der Waals surface area contributed by atoms with Gasteiger partial charge in [-0.25, -0.2) is 18.1 Å². The van der Waals surface area contributed by atoms with E-state index in [-0.39, 0.29) is 16.6 Å². The minimum absolute atomic E-state index is 0.0692. The molecule has 19 heavy (non-hydrogen) atoms. The number of nitrogens with zero attached hydrogens (tertiary/aromatic N) is 1. The smallest absolute Gasteiger partial charge is 0.242 e. The van der Waals surface area contributed by atoms with Crippen LogP contribution in [-0.4, -0.2) is 13.4 Å². The third kappa shape index (κ3) is 3.76. The first-order valence-electron chi connectivity index (χ1n) is 5.34. The Kier molecular flexibility index (Phi) is 4.57. The molecule has 0 fully saturated rings. The molecule has 0 spiro atoms. The summed E-state index contributed by atoms with van der Waals surface area (Å²) in [6.07, 6.45) is 1.22. The van der Waals surface area contributed by atoms with E-state index in [2.05, 4.69) is 25.6 Å². The normalized spacial score (nSPS) is 11.5. The molecule has 0 unspecified atom stereocenters. The topological polar surface area (TPSA) is 59.1 Å². The van der Waals surface area contributed by atoms with E-state index in [4.69, 9.17) is 11.6 Å². The van der Waals surface area contributed by atoms with Gasteiger partial charge in [0.15, 0.2) is 0 Å². The van der Waals surface area contributed by atoms with E-state index in [0.717, 1.165) is 5.56 Å². The van der Waals surface area contributed by atoms with Gasteiger partial charge in [-0.3, -0.25) is 0 Å². The van der Waals surface area contributed by atoms with Gasteiger partial charge in [-0.15, -0.1) is 0 Å². The number of nitrogens with one attached hydrogen (secondary N) is 1. The molecule has 0 radical (unpaired) electrons. The summed E-state index contributed by atoms with van der Waals surface area (Å²) in [5.74, 6) is 0. The Bertz CT molecular complexity index is 677. The molecule has 0 aliphatic carbocycles. The predicted molar refractivity (Wildman–Crippen MR) is 77.4 cm³/mol.